The minimum absolute atomic E-state index is 0.166. The summed E-state index contributed by atoms with van der Waals surface area (Å²) in [6.07, 6.45) is 9.27. The maximum atomic E-state index is 12.9. The summed E-state index contributed by atoms with van der Waals surface area (Å²) in [5.74, 6) is 3.92. The number of ether oxygens (including phenoxy) is 2. The van der Waals surface area contributed by atoms with Crippen molar-refractivity contribution in [3.8, 4) is 16.9 Å². The fourth-order valence-corrected chi connectivity index (χ4v) is 9.20. The van der Waals surface area contributed by atoms with Crippen molar-refractivity contribution < 1.29 is 19.1 Å². The van der Waals surface area contributed by atoms with Gasteiger partial charge < -0.3 is 19.4 Å². The smallest absolute Gasteiger partial charge is 0.341 e. The molecule has 0 spiro atoms. The molecule has 4 aliphatic rings. The van der Waals surface area contributed by atoms with Crippen LogP contribution in [0.5, 0.6) is 5.75 Å². The predicted molar refractivity (Wildman–Crippen MR) is 152 cm³/mol. The van der Waals surface area contributed by atoms with E-state index < -0.39 is 5.97 Å². The molecule has 4 bridgehead atoms. The van der Waals surface area contributed by atoms with Crippen LogP contribution in [-0.2, 0) is 23.0 Å². The van der Waals surface area contributed by atoms with Crippen molar-refractivity contribution in [2.24, 2.45) is 30.2 Å². The molecule has 2 heterocycles. The van der Waals surface area contributed by atoms with Crippen molar-refractivity contribution >= 4 is 40.0 Å². The van der Waals surface area contributed by atoms with Crippen molar-refractivity contribution in [2.45, 2.75) is 50.1 Å². The maximum Gasteiger partial charge on any atom is 0.341 e. The standard InChI is InChI=1S/C29H34N4O4S2/c1-33-23(14-29-11-17-8-18(12-29)10-19(9-17)13-29)31-32-28(33)39-16-24(34)30-26-25(27(35)37-3)22(15-38-26)20-4-6-21(36-2)7-5-20/h4-7,15,17-19H,8-14,16H2,1-3H3,(H,30,34). The second-order valence-corrected chi connectivity index (χ2v) is 13.3. The summed E-state index contributed by atoms with van der Waals surface area (Å²) in [6.45, 7) is 0. The van der Waals surface area contributed by atoms with E-state index in [2.05, 4.69) is 20.1 Å². The van der Waals surface area contributed by atoms with Gasteiger partial charge in [0.05, 0.1) is 20.0 Å². The first kappa shape index (κ1) is 26.4. The number of aromatic nitrogens is 3. The number of carbonyl (C=O) groups excluding carboxylic acids is 2. The van der Waals surface area contributed by atoms with Gasteiger partial charge in [-0.2, -0.15) is 0 Å². The first-order valence-electron chi connectivity index (χ1n) is 13.5. The van der Waals surface area contributed by atoms with E-state index in [-0.39, 0.29) is 11.7 Å². The first-order chi connectivity index (χ1) is 18.9. The highest BCUT2D eigenvalue weighted by atomic mass is 32.2. The highest BCUT2D eigenvalue weighted by Crippen LogP contribution is 2.61. The summed E-state index contributed by atoms with van der Waals surface area (Å²) < 4.78 is 12.3. The lowest BCUT2D eigenvalue weighted by Gasteiger charge is -2.56. The van der Waals surface area contributed by atoms with Crippen LogP contribution in [0.15, 0.2) is 34.8 Å². The van der Waals surface area contributed by atoms with E-state index >= 15 is 0 Å². The van der Waals surface area contributed by atoms with Crippen molar-refractivity contribution in [2.75, 3.05) is 25.3 Å². The number of carbonyl (C=O) groups is 2. The van der Waals surface area contributed by atoms with Gasteiger partial charge in [-0.05, 0) is 79.4 Å². The lowest BCUT2D eigenvalue weighted by Crippen LogP contribution is -2.47. The largest absolute Gasteiger partial charge is 0.497 e. The third-order valence-corrected chi connectivity index (χ3v) is 10.7. The molecule has 4 fully saturated rings. The Balaban J connectivity index is 1.11. The molecule has 10 heteroatoms. The number of benzene rings is 1. The molecule has 206 valence electrons. The third-order valence-electron chi connectivity index (χ3n) is 8.79. The lowest BCUT2D eigenvalue weighted by atomic mass is 9.49. The second-order valence-electron chi connectivity index (χ2n) is 11.5. The van der Waals surface area contributed by atoms with Crippen LogP contribution in [0.1, 0.15) is 54.7 Å². The van der Waals surface area contributed by atoms with Gasteiger partial charge in [0.1, 0.15) is 22.1 Å². The van der Waals surface area contributed by atoms with E-state index in [0.29, 0.717) is 21.5 Å². The van der Waals surface area contributed by atoms with Crippen LogP contribution >= 0.6 is 23.1 Å². The number of esters is 1. The Morgan fingerprint density at radius 3 is 2.36 bits per heavy atom. The van der Waals surface area contributed by atoms with Crippen LogP contribution in [0, 0.1) is 23.2 Å². The highest BCUT2D eigenvalue weighted by molar-refractivity contribution is 7.99. The molecule has 3 aromatic rings. The summed E-state index contributed by atoms with van der Waals surface area (Å²) in [4.78, 5) is 25.6. The number of nitrogens with zero attached hydrogens (tertiary/aromatic N) is 3. The average Bonchev–Trinajstić information content (AvgIpc) is 3.49. The molecule has 2 aromatic heterocycles. The molecule has 1 N–H and O–H groups in total. The van der Waals surface area contributed by atoms with E-state index in [1.807, 2.05) is 36.7 Å². The van der Waals surface area contributed by atoms with Gasteiger partial charge >= 0.3 is 5.97 Å². The van der Waals surface area contributed by atoms with Crippen molar-refractivity contribution in [1.29, 1.82) is 0 Å². The summed E-state index contributed by atoms with van der Waals surface area (Å²) in [7, 11) is 4.95. The molecule has 0 radical (unpaired) electrons. The van der Waals surface area contributed by atoms with Crippen LogP contribution in [0.3, 0.4) is 0 Å². The fourth-order valence-electron chi connectivity index (χ4n) is 7.50. The topological polar surface area (TPSA) is 95.3 Å². The highest BCUT2D eigenvalue weighted by Gasteiger charge is 2.51. The second kappa shape index (κ2) is 10.6. The van der Waals surface area contributed by atoms with Crippen molar-refractivity contribution in [3.05, 3.63) is 41.0 Å². The van der Waals surface area contributed by atoms with E-state index in [0.717, 1.165) is 46.5 Å². The number of amides is 1. The van der Waals surface area contributed by atoms with Gasteiger partial charge in [-0.15, -0.1) is 21.5 Å². The summed E-state index contributed by atoms with van der Waals surface area (Å²) in [5, 5.41) is 14.9. The molecule has 0 atom stereocenters. The Hall–Kier alpha value is -2.85. The Morgan fingerprint density at radius 1 is 1.08 bits per heavy atom. The number of nitrogens with one attached hydrogen (secondary N) is 1. The van der Waals surface area contributed by atoms with Gasteiger partial charge in [0.25, 0.3) is 0 Å². The van der Waals surface area contributed by atoms with Crippen LogP contribution in [0.4, 0.5) is 5.00 Å². The molecule has 0 unspecified atom stereocenters. The normalized spacial score (nSPS) is 25.1. The number of anilines is 1. The Bertz CT molecular complexity index is 1350. The van der Waals surface area contributed by atoms with Crippen LogP contribution < -0.4 is 10.1 Å². The molecule has 39 heavy (non-hydrogen) atoms. The van der Waals surface area contributed by atoms with E-state index in [9.17, 15) is 9.59 Å². The van der Waals surface area contributed by atoms with E-state index in [4.69, 9.17) is 9.47 Å². The monoisotopic (exact) mass is 566 g/mol. The van der Waals surface area contributed by atoms with Crippen molar-refractivity contribution in [3.63, 3.8) is 0 Å². The Morgan fingerprint density at radius 2 is 1.74 bits per heavy atom. The zero-order valence-electron chi connectivity index (χ0n) is 22.6. The van der Waals surface area contributed by atoms with Gasteiger partial charge in [-0.1, -0.05) is 23.9 Å². The fraction of sp³-hybridized carbons (Fsp3) is 0.517. The molecule has 0 saturated heterocycles. The number of methoxy groups -OCH3 is 2. The predicted octanol–water partition coefficient (Wildman–Crippen LogP) is 5.83. The Kier molecular flexibility index (Phi) is 7.18. The molecule has 1 aromatic carbocycles. The molecule has 8 nitrogen and oxygen atoms in total. The van der Waals surface area contributed by atoms with Gasteiger partial charge in [-0.25, -0.2) is 4.79 Å². The molecule has 4 aliphatic carbocycles. The number of thiophene rings is 1. The minimum atomic E-state index is -0.493. The minimum Gasteiger partial charge on any atom is -0.497 e. The number of hydrogen-bond acceptors (Lipinski definition) is 8. The van der Waals surface area contributed by atoms with Crippen LogP contribution in [-0.4, -0.2) is 46.6 Å². The number of hydrogen-bond donors (Lipinski definition) is 1. The average molecular weight is 567 g/mol. The quantitative estimate of drug-likeness (QED) is 0.257. The van der Waals surface area contributed by atoms with Crippen molar-refractivity contribution in [1.82, 2.24) is 14.8 Å². The summed E-state index contributed by atoms with van der Waals surface area (Å²) in [5.41, 5.74) is 2.29. The molecular formula is C29H34N4O4S2. The first-order valence-corrected chi connectivity index (χ1v) is 15.4. The van der Waals surface area contributed by atoms with E-state index in [1.165, 1.54) is 68.7 Å². The SMILES string of the molecule is COC(=O)c1c(-c2ccc(OC)cc2)csc1NC(=O)CSc1nnc(CC23CC4CC(CC(C4)C2)C3)n1C. The maximum absolute atomic E-state index is 12.9. The molecule has 7 rings (SSSR count). The summed E-state index contributed by atoms with van der Waals surface area (Å²) in [6, 6.07) is 7.43. The van der Waals surface area contributed by atoms with Gasteiger partial charge in [0.2, 0.25) is 5.91 Å². The Labute approximate surface area is 236 Å². The van der Waals surface area contributed by atoms with Gasteiger partial charge in [0.15, 0.2) is 5.16 Å². The molecular weight excluding hydrogens is 532 g/mol. The van der Waals surface area contributed by atoms with Crippen LogP contribution in [0.2, 0.25) is 0 Å². The molecule has 0 aliphatic heterocycles. The third kappa shape index (κ3) is 5.20. The van der Waals surface area contributed by atoms with Crippen LogP contribution in [0.25, 0.3) is 11.1 Å². The lowest BCUT2D eigenvalue weighted by molar-refractivity contribution is -0.113. The number of thioether (sulfide) groups is 1. The number of rotatable bonds is 9. The van der Waals surface area contributed by atoms with Gasteiger partial charge in [-0.3, -0.25) is 4.79 Å². The van der Waals surface area contributed by atoms with Gasteiger partial charge in [0, 0.05) is 24.4 Å². The molecule has 1 amide bonds. The van der Waals surface area contributed by atoms with E-state index in [1.54, 1.807) is 7.11 Å². The zero-order valence-corrected chi connectivity index (χ0v) is 24.2. The summed E-state index contributed by atoms with van der Waals surface area (Å²) >= 11 is 2.67. The molecule has 4 saturated carbocycles. The zero-order chi connectivity index (χ0) is 27.1.